The van der Waals surface area contributed by atoms with Crippen molar-refractivity contribution in [1.82, 2.24) is 5.32 Å². The minimum atomic E-state index is -0.149. The molecule has 140 valence electrons. The summed E-state index contributed by atoms with van der Waals surface area (Å²) in [6, 6.07) is 12.1. The van der Waals surface area contributed by atoms with Crippen LogP contribution in [0.25, 0.3) is 0 Å². The molecule has 0 aliphatic carbocycles. The summed E-state index contributed by atoms with van der Waals surface area (Å²) in [5.74, 6) is 1.89. The molecule has 2 aromatic carbocycles. The lowest BCUT2D eigenvalue weighted by Gasteiger charge is -2.14. The van der Waals surface area contributed by atoms with Gasteiger partial charge in [0.25, 0.3) is 5.91 Å². The van der Waals surface area contributed by atoms with E-state index in [1.165, 1.54) is 5.56 Å². The Morgan fingerprint density at radius 2 is 1.77 bits per heavy atom. The summed E-state index contributed by atoms with van der Waals surface area (Å²) in [5.41, 5.74) is 4.53. The molecule has 0 unspecified atom stereocenters. The van der Waals surface area contributed by atoms with Gasteiger partial charge < -0.3 is 14.8 Å². The molecule has 2 aromatic rings. The van der Waals surface area contributed by atoms with E-state index in [4.69, 9.17) is 9.47 Å². The van der Waals surface area contributed by atoms with Gasteiger partial charge in [-0.3, -0.25) is 4.79 Å². The van der Waals surface area contributed by atoms with Crippen molar-refractivity contribution in [1.29, 1.82) is 0 Å². The van der Waals surface area contributed by atoms with Crippen molar-refractivity contribution in [2.75, 3.05) is 19.8 Å². The van der Waals surface area contributed by atoms with Crippen molar-refractivity contribution in [3.8, 4) is 11.5 Å². The van der Waals surface area contributed by atoms with Crippen molar-refractivity contribution in [3.63, 3.8) is 0 Å². The van der Waals surface area contributed by atoms with E-state index in [2.05, 4.69) is 31.3 Å². The Labute approximate surface area is 156 Å². The fourth-order valence-electron chi connectivity index (χ4n) is 2.79. The van der Waals surface area contributed by atoms with E-state index in [9.17, 15) is 4.79 Å². The smallest absolute Gasteiger partial charge is 0.258 e. The average Bonchev–Trinajstić information content (AvgIpc) is 2.60. The van der Waals surface area contributed by atoms with E-state index in [1.54, 1.807) is 0 Å². The first-order valence-corrected chi connectivity index (χ1v) is 9.07. The molecule has 0 aliphatic heterocycles. The van der Waals surface area contributed by atoms with Crippen molar-refractivity contribution in [3.05, 3.63) is 58.7 Å². The van der Waals surface area contributed by atoms with Crippen LogP contribution in [0.2, 0.25) is 0 Å². The fraction of sp³-hybridized carbons (Fsp3) is 0.409. The quantitative estimate of drug-likeness (QED) is 0.718. The topological polar surface area (TPSA) is 47.6 Å². The summed E-state index contributed by atoms with van der Waals surface area (Å²) in [5, 5.41) is 2.83. The van der Waals surface area contributed by atoms with Crippen LogP contribution in [0.5, 0.6) is 11.5 Å². The van der Waals surface area contributed by atoms with Crippen molar-refractivity contribution < 1.29 is 14.3 Å². The molecule has 2 rings (SSSR count). The second kappa shape index (κ2) is 9.27. The first kappa shape index (κ1) is 19.8. The summed E-state index contributed by atoms with van der Waals surface area (Å²) >= 11 is 0. The molecule has 0 atom stereocenters. The number of carbonyl (C=O) groups excluding carboxylic acids is 1. The number of hydrogen-bond donors (Lipinski definition) is 1. The number of benzene rings is 2. The molecular weight excluding hydrogens is 326 g/mol. The molecule has 0 aliphatic rings. The lowest BCUT2D eigenvalue weighted by atomic mass is 10.0. The Hall–Kier alpha value is -2.49. The van der Waals surface area contributed by atoms with Gasteiger partial charge in [0, 0.05) is 0 Å². The third-order valence-electron chi connectivity index (χ3n) is 4.35. The Morgan fingerprint density at radius 1 is 1.04 bits per heavy atom. The second-order valence-corrected chi connectivity index (χ2v) is 6.88. The van der Waals surface area contributed by atoms with Gasteiger partial charge in [-0.25, -0.2) is 0 Å². The van der Waals surface area contributed by atoms with Gasteiger partial charge in [-0.2, -0.15) is 0 Å². The highest BCUT2D eigenvalue weighted by Gasteiger charge is 2.09. The van der Waals surface area contributed by atoms with Gasteiger partial charge in [-0.15, -0.1) is 0 Å². The Kier molecular flexibility index (Phi) is 7.07. The highest BCUT2D eigenvalue weighted by molar-refractivity contribution is 5.77. The van der Waals surface area contributed by atoms with Gasteiger partial charge in [0.15, 0.2) is 6.61 Å². The fourth-order valence-corrected chi connectivity index (χ4v) is 2.79. The largest absolute Gasteiger partial charge is 0.491 e. The van der Waals surface area contributed by atoms with Crippen LogP contribution in [0.4, 0.5) is 0 Å². The van der Waals surface area contributed by atoms with E-state index < -0.39 is 0 Å². The Bertz CT molecular complexity index is 753. The van der Waals surface area contributed by atoms with Crippen molar-refractivity contribution >= 4 is 5.91 Å². The van der Waals surface area contributed by atoms with Gasteiger partial charge in [-0.1, -0.05) is 38.1 Å². The summed E-state index contributed by atoms with van der Waals surface area (Å²) in [4.78, 5) is 12.0. The van der Waals surface area contributed by atoms with E-state index >= 15 is 0 Å². The predicted molar refractivity (Wildman–Crippen MR) is 105 cm³/mol. The summed E-state index contributed by atoms with van der Waals surface area (Å²) in [6.07, 6.45) is 0. The van der Waals surface area contributed by atoms with Gasteiger partial charge in [-0.05, 0) is 61.1 Å². The molecule has 4 heteroatoms. The van der Waals surface area contributed by atoms with Crippen LogP contribution >= 0.6 is 0 Å². The highest BCUT2D eigenvalue weighted by atomic mass is 16.5. The molecule has 0 bridgehead atoms. The van der Waals surface area contributed by atoms with Gasteiger partial charge >= 0.3 is 0 Å². The first-order valence-electron chi connectivity index (χ1n) is 9.07. The number of aryl methyl sites for hydroxylation is 2. The number of rotatable bonds is 8. The maximum absolute atomic E-state index is 12.0. The molecule has 0 heterocycles. The van der Waals surface area contributed by atoms with E-state index in [-0.39, 0.29) is 12.5 Å². The van der Waals surface area contributed by atoms with Gasteiger partial charge in [0.05, 0.1) is 6.54 Å². The standard InChI is InChI=1S/C22H29NO3/c1-15(2)19-8-6-7-9-20(19)25-11-10-23-22(24)14-26-21-13-16(3)12-17(4)18(21)5/h6-9,12-13,15H,10-11,14H2,1-5H3,(H,23,24). The average molecular weight is 355 g/mol. The minimum absolute atomic E-state index is 0.00626. The lowest BCUT2D eigenvalue weighted by Crippen LogP contribution is -2.32. The predicted octanol–water partition coefficient (Wildman–Crippen LogP) is 4.31. The monoisotopic (exact) mass is 355 g/mol. The zero-order valence-corrected chi connectivity index (χ0v) is 16.4. The van der Waals surface area contributed by atoms with Crippen LogP contribution < -0.4 is 14.8 Å². The first-order chi connectivity index (χ1) is 12.4. The molecule has 26 heavy (non-hydrogen) atoms. The zero-order valence-electron chi connectivity index (χ0n) is 16.4. The van der Waals surface area contributed by atoms with Gasteiger partial charge in [0.2, 0.25) is 0 Å². The SMILES string of the molecule is Cc1cc(C)c(C)c(OCC(=O)NCCOc2ccccc2C(C)C)c1. The maximum atomic E-state index is 12.0. The highest BCUT2D eigenvalue weighted by Crippen LogP contribution is 2.25. The molecule has 0 aromatic heterocycles. The van der Waals surface area contributed by atoms with Crippen LogP contribution in [0.15, 0.2) is 36.4 Å². The normalized spacial score (nSPS) is 10.7. The third-order valence-corrected chi connectivity index (χ3v) is 4.35. The Morgan fingerprint density at radius 3 is 2.50 bits per heavy atom. The van der Waals surface area contributed by atoms with Crippen molar-refractivity contribution in [2.24, 2.45) is 0 Å². The van der Waals surface area contributed by atoms with Crippen molar-refractivity contribution in [2.45, 2.75) is 40.5 Å². The van der Waals surface area contributed by atoms with Crippen LogP contribution in [0.1, 0.15) is 42.0 Å². The summed E-state index contributed by atoms with van der Waals surface area (Å²) in [6.45, 7) is 11.2. The van der Waals surface area contributed by atoms with Crippen LogP contribution in [-0.4, -0.2) is 25.7 Å². The Balaban J connectivity index is 1.76. The van der Waals surface area contributed by atoms with Crippen LogP contribution in [-0.2, 0) is 4.79 Å². The molecule has 1 amide bonds. The molecule has 0 radical (unpaired) electrons. The zero-order chi connectivity index (χ0) is 19.1. The molecule has 4 nitrogen and oxygen atoms in total. The number of hydrogen-bond acceptors (Lipinski definition) is 3. The number of ether oxygens (including phenoxy) is 2. The van der Waals surface area contributed by atoms with Gasteiger partial charge in [0.1, 0.15) is 18.1 Å². The molecule has 0 saturated heterocycles. The van der Waals surface area contributed by atoms with E-state index in [0.717, 1.165) is 28.2 Å². The molecule has 0 saturated carbocycles. The second-order valence-electron chi connectivity index (χ2n) is 6.88. The minimum Gasteiger partial charge on any atom is -0.491 e. The summed E-state index contributed by atoms with van der Waals surface area (Å²) in [7, 11) is 0. The number of nitrogens with one attached hydrogen (secondary N) is 1. The molecule has 0 spiro atoms. The number of carbonyl (C=O) groups is 1. The maximum Gasteiger partial charge on any atom is 0.258 e. The molecule has 1 N–H and O–H groups in total. The third kappa shape index (κ3) is 5.51. The summed E-state index contributed by atoms with van der Waals surface area (Å²) < 4.78 is 11.5. The van der Waals surface area contributed by atoms with E-state index in [1.807, 2.05) is 45.0 Å². The molecule has 0 fully saturated rings. The lowest BCUT2D eigenvalue weighted by molar-refractivity contribution is -0.123. The van der Waals surface area contributed by atoms with Crippen LogP contribution in [0, 0.1) is 20.8 Å². The number of para-hydroxylation sites is 1. The van der Waals surface area contributed by atoms with Crippen LogP contribution in [0.3, 0.4) is 0 Å². The number of amides is 1. The molecular formula is C22H29NO3. The van der Waals surface area contributed by atoms with E-state index in [0.29, 0.717) is 19.1 Å².